The zero-order valence-electron chi connectivity index (χ0n) is 17.6. The number of rotatable bonds is 8. The van der Waals surface area contributed by atoms with Crippen molar-refractivity contribution in [3.8, 4) is 11.5 Å². The maximum atomic E-state index is 13.0. The molecule has 0 radical (unpaired) electrons. The number of amides is 1. The second-order valence-electron chi connectivity index (χ2n) is 7.39. The number of carbonyl (C=O) groups is 1. The molecule has 1 fully saturated rings. The lowest BCUT2D eigenvalue weighted by Crippen LogP contribution is -2.45. The predicted octanol–water partition coefficient (Wildman–Crippen LogP) is 3.12. The van der Waals surface area contributed by atoms with Gasteiger partial charge in [0.1, 0.15) is 11.5 Å². The van der Waals surface area contributed by atoms with Crippen molar-refractivity contribution in [2.75, 3.05) is 33.9 Å². The van der Waals surface area contributed by atoms with Crippen LogP contribution in [0.25, 0.3) is 0 Å². The number of methoxy groups -OCH3 is 2. The van der Waals surface area contributed by atoms with E-state index in [0.717, 1.165) is 11.3 Å². The Morgan fingerprint density at radius 2 is 1.90 bits per heavy atom. The van der Waals surface area contributed by atoms with Crippen LogP contribution in [-0.4, -0.2) is 52.5 Å². The highest BCUT2D eigenvalue weighted by molar-refractivity contribution is 7.89. The van der Waals surface area contributed by atoms with Crippen molar-refractivity contribution < 1.29 is 22.7 Å². The van der Waals surface area contributed by atoms with E-state index in [2.05, 4.69) is 5.32 Å². The molecule has 0 spiro atoms. The lowest BCUT2D eigenvalue weighted by molar-refractivity contribution is -0.126. The zero-order chi connectivity index (χ0) is 22.4. The summed E-state index contributed by atoms with van der Waals surface area (Å²) < 4.78 is 37.7. The second-order valence-corrected chi connectivity index (χ2v) is 9.73. The minimum atomic E-state index is -3.74. The SMILES string of the molecule is COc1ccc(CCNC(=O)[C@H]2CCCN(S(=O)(=O)c3ccc(OC)c(Cl)c3)C2)cc1. The van der Waals surface area contributed by atoms with E-state index < -0.39 is 10.0 Å². The molecule has 1 N–H and O–H groups in total. The number of carbonyl (C=O) groups excluding carboxylic acids is 1. The Morgan fingerprint density at radius 1 is 1.16 bits per heavy atom. The molecule has 9 heteroatoms. The maximum absolute atomic E-state index is 13.0. The Balaban J connectivity index is 1.58. The number of piperidine rings is 1. The molecule has 1 amide bonds. The number of nitrogens with zero attached hydrogens (tertiary/aromatic N) is 1. The van der Waals surface area contributed by atoms with Crippen LogP contribution < -0.4 is 14.8 Å². The highest BCUT2D eigenvalue weighted by Gasteiger charge is 2.33. The largest absolute Gasteiger partial charge is 0.497 e. The summed E-state index contributed by atoms with van der Waals surface area (Å²) >= 11 is 6.10. The molecule has 0 aromatic heterocycles. The predicted molar refractivity (Wildman–Crippen MR) is 119 cm³/mol. The summed E-state index contributed by atoms with van der Waals surface area (Å²) in [6.45, 7) is 1.02. The molecule has 0 aliphatic carbocycles. The van der Waals surface area contributed by atoms with Gasteiger partial charge >= 0.3 is 0 Å². The fourth-order valence-corrected chi connectivity index (χ4v) is 5.47. The molecule has 0 saturated carbocycles. The van der Waals surface area contributed by atoms with E-state index in [0.29, 0.717) is 38.1 Å². The molecular weight excluding hydrogens is 440 g/mol. The molecule has 1 aliphatic heterocycles. The molecule has 1 saturated heterocycles. The van der Waals surface area contributed by atoms with Crippen molar-refractivity contribution in [1.82, 2.24) is 9.62 Å². The number of ether oxygens (including phenoxy) is 2. The van der Waals surface area contributed by atoms with Gasteiger partial charge in [0.15, 0.2) is 0 Å². The Hall–Kier alpha value is -2.29. The normalized spacial score (nSPS) is 17.2. The molecule has 0 unspecified atom stereocenters. The summed E-state index contributed by atoms with van der Waals surface area (Å²) in [6, 6.07) is 12.1. The molecule has 1 heterocycles. The van der Waals surface area contributed by atoms with Gasteiger partial charge in [-0.1, -0.05) is 23.7 Å². The Morgan fingerprint density at radius 3 is 2.55 bits per heavy atom. The van der Waals surface area contributed by atoms with Gasteiger partial charge in [0.05, 0.1) is 30.1 Å². The molecule has 2 aromatic rings. The van der Waals surface area contributed by atoms with Crippen molar-refractivity contribution in [3.63, 3.8) is 0 Å². The van der Waals surface area contributed by atoms with Crippen LogP contribution in [0.1, 0.15) is 18.4 Å². The van der Waals surface area contributed by atoms with Crippen LogP contribution >= 0.6 is 11.6 Å². The van der Waals surface area contributed by atoms with E-state index >= 15 is 0 Å². The van der Waals surface area contributed by atoms with E-state index in [9.17, 15) is 13.2 Å². The number of hydrogen-bond donors (Lipinski definition) is 1. The zero-order valence-corrected chi connectivity index (χ0v) is 19.2. The van der Waals surface area contributed by atoms with Crippen LogP contribution in [0.4, 0.5) is 0 Å². The molecule has 1 atom stereocenters. The first kappa shape index (κ1) is 23.4. The number of nitrogens with one attached hydrogen (secondary N) is 1. The number of halogens is 1. The smallest absolute Gasteiger partial charge is 0.243 e. The van der Waals surface area contributed by atoms with E-state index in [4.69, 9.17) is 21.1 Å². The lowest BCUT2D eigenvalue weighted by atomic mass is 9.99. The van der Waals surface area contributed by atoms with Crippen molar-refractivity contribution in [2.24, 2.45) is 5.92 Å². The van der Waals surface area contributed by atoms with E-state index in [1.807, 2.05) is 24.3 Å². The van der Waals surface area contributed by atoms with Crippen LogP contribution in [-0.2, 0) is 21.2 Å². The van der Waals surface area contributed by atoms with Gasteiger partial charge in [0, 0.05) is 19.6 Å². The fourth-order valence-electron chi connectivity index (χ4n) is 3.60. The van der Waals surface area contributed by atoms with Gasteiger partial charge in [0.25, 0.3) is 0 Å². The molecule has 2 aromatic carbocycles. The number of sulfonamides is 1. The first-order valence-electron chi connectivity index (χ1n) is 10.1. The van der Waals surface area contributed by atoms with Crippen molar-refractivity contribution in [2.45, 2.75) is 24.2 Å². The molecule has 1 aliphatic rings. The Kier molecular flexibility index (Phi) is 7.80. The first-order valence-corrected chi connectivity index (χ1v) is 11.9. The number of hydrogen-bond acceptors (Lipinski definition) is 5. The summed E-state index contributed by atoms with van der Waals surface area (Å²) in [5.41, 5.74) is 1.09. The molecular formula is C22H27ClN2O5S. The maximum Gasteiger partial charge on any atom is 0.243 e. The third kappa shape index (κ3) is 5.70. The summed E-state index contributed by atoms with van der Waals surface area (Å²) in [6.07, 6.45) is 1.97. The number of benzene rings is 2. The van der Waals surface area contributed by atoms with Crippen LogP contribution in [0.3, 0.4) is 0 Å². The first-order chi connectivity index (χ1) is 14.8. The van der Waals surface area contributed by atoms with Crippen LogP contribution in [0.15, 0.2) is 47.4 Å². The van der Waals surface area contributed by atoms with Gasteiger partial charge in [0.2, 0.25) is 15.9 Å². The summed E-state index contributed by atoms with van der Waals surface area (Å²) in [4.78, 5) is 12.7. The molecule has 0 bridgehead atoms. The second kappa shape index (κ2) is 10.3. The fraction of sp³-hybridized carbons (Fsp3) is 0.409. The van der Waals surface area contributed by atoms with Gasteiger partial charge in [-0.15, -0.1) is 0 Å². The Bertz CT molecular complexity index is 1010. The third-order valence-electron chi connectivity index (χ3n) is 5.39. The minimum Gasteiger partial charge on any atom is -0.497 e. The molecule has 7 nitrogen and oxygen atoms in total. The summed E-state index contributed by atoms with van der Waals surface area (Å²) in [5.74, 6) is 0.692. The molecule has 3 rings (SSSR count). The van der Waals surface area contributed by atoms with Crippen LogP contribution in [0.2, 0.25) is 5.02 Å². The monoisotopic (exact) mass is 466 g/mol. The standard InChI is InChI=1S/C22H27ClN2O5S/c1-29-18-7-5-16(6-8-18)11-12-24-22(26)17-4-3-13-25(15-17)31(27,28)19-9-10-21(30-2)20(23)14-19/h5-10,14,17H,3-4,11-13,15H2,1-2H3,(H,24,26)/t17-/m0/s1. The minimum absolute atomic E-state index is 0.0962. The van der Waals surface area contributed by atoms with Gasteiger partial charge in [-0.2, -0.15) is 4.31 Å². The average Bonchev–Trinajstić information content (AvgIpc) is 2.79. The van der Waals surface area contributed by atoms with Crippen LogP contribution in [0.5, 0.6) is 11.5 Å². The summed E-state index contributed by atoms with van der Waals surface area (Å²) in [7, 11) is -0.657. The van der Waals surface area contributed by atoms with Crippen molar-refractivity contribution in [3.05, 3.63) is 53.1 Å². The third-order valence-corrected chi connectivity index (χ3v) is 7.54. The van der Waals surface area contributed by atoms with Crippen molar-refractivity contribution >= 4 is 27.5 Å². The van der Waals surface area contributed by atoms with E-state index in [1.54, 1.807) is 7.11 Å². The highest BCUT2D eigenvalue weighted by atomic mass is 35.5. The van der Waals surface area contributed by atoms with Gasteiger partial charge in [-0.3, -0.25) is 4.79 Å². The van der Waals surface area contributed by atoms with Gasteiger partial charge < -0.3 is 14.8 Å². The lowest BCUT2D eigenvalue weighted by Gasteiger charge is -2.31. The molecule has 31 heavy (non-hydrogen) atoms. The van der Waals surface area contributed by atoms with Crippen molar-refractivity contribution in [1.29, 1.82) is 0 Å². The quantitative estimate of drug-likeness (QED) is 0.646. The summed E-state index contributed by atoms with van der Waals surface area (Å²) in [5, 5.41) is 3.17. The van der Waals surface area contributed by atoms with E-state index in [-0.39, 0.29) is 28.3 Å². The highest BCUT2D eigenvalue weighted by Crippen LogP contribution is 2.30. The van der Waals surface area contributed by atoms with Gasteiger partial charge in [-0.05, 0) is 55.2 Å². The van der Waals surface area contributed by atoms with E-state index in [1.165, 1.54) is 29.6 Å². The Labute approximate surface area is 188 Å². The topological polar surface area (TPSA) is 84.9 Å². The van der Waals surface area contributed by atoms with Gasteiger partial charge in [-0.25, -0.2) is 8.42 Å². The molecule has 168 valence electrons. The van der Waals surface area contributed by atoms with Crippen LogP contribution in [0, 0.1) is 5.92 Å². The average molecular weight is 467 g/mol.